The molecule has 2 atom stereocenters. The molecule has 0 saturated carbocycles. The molecule has 5 nitrogen and oxygen atoms in total. The summed E-state index contributed by atoms with van der Waals surface area (Å²) >= 11 is 0. The highest BCUT2D eigenvalue weighted by Crippen LogP contribution is 2.36. The third kappa shape index (κ3) is 2.55. The summed E-state index contributed by atoms with van der Waals surface area (Å²) < 4.78 is 0. The Bertz CT molecular complexity index is 492. The van der Waals surface area contributed by atoms with Gasteiger partial charge >= 0.3 is 0 Å². The van der Waals surface area contributed by atoms with Crippen LogP contribution in [-0.4, -0.2) is 35.0 Å². The summed E-state index contributed by atoms with van der Waals surface area (Å²) in [4.78, 5) is 13.1. The van der Waals surface area contributed by atoms with Crippen molar-refractivity contribution < 1.29 is 4.92 Å². The molecule has 5 heteroatoms. The molecule has 0 amide bonds. The first-order valence-corrected chi connectivity index (χ1v) is 7.33. The van der Waals surface area contributed by atoms with Gasteiger partial charge in [0, 0.05) is 36.8 Å². The minimum atomic E-state index is -0.314. The summed E-state index contributed by atoms with van der Waals surface area (Å²) in [6.07, 6.45) is 4.92. The van der Waals surface area contributed by atoms with E-state index in [4.69, 9.17) is 0 Å². The number of nitro benzene ring substituents is 1. The molecule has 0 aliphatic carbocycles. The van der Waals surface area contributed by atoms with Gasteiger partial charge in [-0.15, -0.1) is 0 Å². The maximum atomic E-state index is 10.9. The number of fused-ring (bicyclic) bond motifs is 2. The van der Waals surface area contributed by atoms with Crippen molar-refractivity contribution in [2.45, 2.75) is 50.4 Å². The zero-order chi connectivity index (χ0) is 14.1. The third-order valence-electron chi connectivity index (χ3n) is 4.78. The van der Waals surface area contributed by atoms with Crippen molar-refractivity contribution in [1.29, 1.82) is 0 Å². The van der Waals surface area contributed by atoms with E-state index in [1.54, 1.807) is 18.2 Å². The van der Waals surface area contributed by atoms with Crippen LogP contribution in [0.4, 0.5) is 5.69 Å². The molecule has 0 spiro atoms. The monoisotopic (exact) mass is 275 g/mol. The quantitative estimate of drug-likeness (QED) is 0.676. The molecule has 2 aliphatic heterocycles. The first-order valence-electron chi connectivity index (χ1n) is 7.33. The van der Waals surface area contributed by atoms with Crippen LogP contribution in [0.3, 0.4) is 0 Å². The Labute approximate surface area is 119 Å². The number of rotatable bonds is 4. The number of nitro groups is 1. The summed E-state index contributed by atoms with van der Waals surface area (Å²) in [6, 6.07) is 8.95. The first kappa shape index (κ1) is 13.5. The molecule has 1 N–H and O–H groups in total. The Balaban J connectivity index is 1.72. The van der Waals surface area contributed by atoms with Crippen molar-refractivity contribution in [3.8, 4) is 0 Å². The van der Waals surface area contributed by atoms with E-state index in [2.05, 4.69) is 10.2 Å². The number of piperidine rings is 1. The smallest absolute Gasteiger partial charge is 0.269 e. The third-order valence-corrected chi connectivity index (χ3v) is 4.78. The zero-order valence-electron chi connectivity index (χ0n) is 11.8. The standard InChI is InChI=1S/C15H21N3O2/c1-16-12-8-13-5-6-14(9-12)17(13)10-11-3-2-4-15(7-11)18(19)20/h2-4,7,12-14,16H,5-6,8-10H2,1H3. The molecular weight excluding hydrogens is 254 g/mol. The van der Waals surface area contributed by atoms with Crippen molar-refractivity contribution in [2.75, 3.05) is 7.05 Å². The maximum Gasteiger partial charge on any atom is 0.269 e. The molecule has 0 aromatic heterocycles. The maximum absolute atomic E-state index is 10.9. The molecule has 2 saturated heterocycles. The predicted molar refractivity (Wildman–Crippen MR) is 77.5 cm³/mol. The minimum Gasteiger partial charge on any atom is -0.317 e. The summed E-state index contributed by atoms with van der Waals surface area (Å²) in [5, 5.41) is 14.2. The van der Waals surface area contributed by atoms with Gasteiger partial charge in [0.15, 0.2) is 0 Å². The Morgan fingerprint density at radius 1 is 1.35 bits per heavy atom. The van der Waals surface area contributed by atoms with Crippen LogP contribution >= 0.6 is 0 Å². The van der Waals surface area contributed by atoms with Gasteiger partial charge in [0.25, 0.3) is 5.69 Å². The number of hydrogen-bond acceptors (Lipinski definition) is 4. The van der Waals surface area contributed by atoms with Crippen LogP contribution in [0.15, 0.2) is 24.3 Å². The van der Waals surface area contributed by atoms with Crippen LogP contribution in [0, 0.1) is 10.1 Å². The summed E-state index contributed by atoms with van der Waals surface area (Å²) in [5.41, 5.74) is 1.25. The van der Waals surface area contributed by atoms with E-state index in [9.17, 15) is 10.1 Å². The molecule has 1 aromatic rings. The lowest BCUT2D eigenvalue weighted by Gasteiger charge is -2.38. The van der Waals surface area contributed by atoms with Gasteiger partial charge in [-0.3, -0.25) is 15.0 Å². The Hall–Kier alpha value is -1.46. The van der Waals surface area contributed by atoms with Crippen LogP contribution in [0.1, 0.15) is 31.2 Å². The van der Waals surface area contributed by atoms with Crippen molar-refractivity contribution in [1.82, 2.24) is 10.2 Å². The average Bonchev–Trinajstić information content (AvgIpc) is 2.70. The normalized spacial score (nSPS) is 29.6. The molecule has 2 bridgehead atoms. The lowest BCUT2D eigenvalue weighted by atomic mass is 9.97. The summed E-state index contributed by atoms with van der Waals surface area (Å²) in [6.45, 7) is 0.841. The summed E-state index contributed by atoms with van der Waals surface area (Å²) in [7, 11) is 2.04. The fraction of sp³-hybridized carbons (Fsp3) is 0.600. The van der Waals surface area contributed by atoms with Crippen molar-refractivity contribution in [3.05, 3.63) is 39.9 Å². The highest BCUT2D eigenvalue weighted by Gasteiger charge is 2.39. The van der Waals surface area contributed by atoms with E-state index in [0.717, 1.165) is 12.1 Å². The Morgan fingerprint density at radius 3 is 2.65 bits per heavy atom. The Morgan fingerprint density at radius 2 is 2.05 bits per heavy atom. The molecule has 2 unspecified atom stereocenters. The minimum absolute atomic E-state index is 0.194. The van der Waals surface area contributed by atoms with Gasteiger partial charge in [0.1, 0.15) is 0 Å². The SMILES string of the molecule is CNC1CC2CCC(C1)N2Cc1cccc([N+](=O)[O-])c1. The van der Waals surface area contributed by atoms with Gasteiger partial charge in [-0.1, -0.05) is 12.1 Å². The summed E-state index contributed by atoms with van der Waals surface area (Å²) in [5.74, 6) is 0. The van der Waals surface area contributed by atoms with Crippen molar-refractivity contribution in [3.63, 3.8) is 0 Å². The molecule has 0 radical (unpaired) electrons. The van der Waals surface area contributed by atoms with E-state index in [1.165, 1.54) is 25.7 Å². The predicted octanol–water partition coefficient (Wildman–Crippen LogP) is 2.31. The largest absolute Gasteiger partial charge is 0.317 e. The topological polar surface area (TPSA) is 58.4 Å². The van der Waals surface area contributed by atoms with Gasteiger partial charge in [-0.25, -0.2) is 0 Å². The molecule has 108 valence electrons. The molecule has 2 fully saturated rings. The van der Waals surface area contributed by atoms with E-state index in [1.807, 2.05) is 13.1 Å². The number of nitrogens with zero attached hydrogens (tertiary/aromatic N) is 2. The number of benzene rings is 1. The molecule has 20 heavy (non-hydrogen) atoms. The molecule has 3 rings (SSSR count). The number of hydrogen-bond donors (Lipinski definition) is 1. The highest BCUT2D eigenvalue weighted by molar-refractivity contribution is 5.34. The van der Waals surface area contributed by atoms with Crippen LogP contribution < -0.4 is 5.32 Å². The van der Waals surface area contributed by atoms with E-state index >= 15 is 0 Å². The average molecular weight is 275 g/mol. The van der Waals surface area contributed by atoms with Gasteiger partial charge in [0.05, 0.1) is 4.92 Å². The Kier molecular flexibility index (Phi) is 3.72. The van der Waals surface area contributed by atoms with E-state index in [-0.39, 0.29) is 10.6 Å². The fourth-order valence-corrected chi connectivity index (χ4v) is 3.75. The fourth-order valence-electron chi connectivity index (χ4n) is 3.75. The molecular formula is C15H21N3O2. The highest BCUT2D eigenvalue weighted by atomic mass is 16.6. The van der Waals surface area contributed by atoms with E-state index in [0.29, 0.717) is 18.1 Å². The second-order valence-corrected chi connectivity index (χ2v) is 5.94. The van der Waals surface area contributed by atoms with Crippen molar-refractivity contribution >= 4 is 5.69 Å². The number of non-ortho nitro benzene ring substituents is 1. The zero-order valence-corrected chi connectivity index (χ0v) is 11.8. The van der Waals surface area contributed by atoms with Crippen molar-refractivity contribution in [2.24, 2.45) is 0 Å². The lowest BCUT2D eigenvalue weighted by molar-refractivity contribution is -0.384. The molecule has 2 heterocycles. The second-order valence-electron chi connectivity index (χ2n) is 5.94. The molecule has 1 aromatic carbocycles. The number of nitrogens with one attached hydrogen (secondary N) is 1. The first-order chi connectivity index (χ1) is 9.67. The second kappa shape index (κ2) is 5.50. The van der Waals surface area contributed by atoms with Gasteiger partial charge in [-0.05, 0) is 38.3 Å². The van der Waals surface area contributed by atoms with E-state index < -0.39 is 0 Å². The van der Waals surface area contributed by atoms with Crippen LogP contribution in [0.2, 0.25) is 0 Å². The lowest BCUT2D eigenvalue weighted by Crippen LogP contribution is -2.47. The van der Waals surface area contributed by atoms with Gasteiger partial charge < -0.3 is 5.32 Å². The van der Waals surface area contributed by atoms with Crippen LogP contribution in [-0.2, 0) is 6.54 Å². The molecule has 2 aliphatic rings. The van der Waals surface area contributed by atoms with Gasteiger partial charge in [-0.2, -0.15) is 0 Å². The van der Waals surface area contributed by atoms with Gasteiger partial charge in [0.2, 0.25) is 0 Å². The van der Waals surface area contributed by atoms with Crippen LogP contribution in [0.25, 0.3) is 0 Å². The van der Waals surface area contributed by atoms with Crippen LogP contribution in [0.5, 0.6) is 0 Å².